The number of Topliss-reactive ketones (excluding diaryl/α,β-unsaturated/α-hetero) is 1. The molecule has 0 bridgehead atoms. The molecule has 0 unspecified atom stereocenters. The molecule has 1 atom stereocenters. The largest absolute Gasteiger partial charge is 0.378 e. The van der Waals surface area contributed by atoms with Crippen molar-refractivity contribution in [3.8, 4) is 0 Å². The van der Waals surface area contributed by atoms with E-state index in [1.165, 1.54) is 24.9 Å². The summed E-state index contributed by atoms with van der Waals surface area (Å²) in [5, 5.41) is 4.41. The SMILES string of the molecule is O=C(CNc1cccc(N2CCCCC2)c1)C[C@@H]1CCCN(c2ncnc3[nH]ccc23)C1. The Kier molecular flexibility index (Phi) is 6.23. The molecule has 0 saturated carbocycles. The molecule has 2 aliphatic rings. The summed E-state index contributed by atoms with van der Waals surface area (Å²) in [4.78, 5) is 29.5. The molecule has 0 aliphatic carbocycles. The van der Waals surface area contributed by atoms with Crippen LogP contribution in [0.2, 0.25) is 0 Å². The molecule has 4 heterocycles. The topological polar surface area (TPSA) is 77.2 Å². The van der Waals surface area contributed by atoms with Crippen molar-refractivity contribution in [3.05, 3.63) is 42.9 Å². The molecule has 0 amide bonds. The number of benzene rings is 1. The molecule has 0 spiro atoms. The number of hydrogen-bond acceptors (Lipinski definition) is 6. The number of fused-ring (bicyclic) bond motifs is 1. The van der Waals surface area contributed by atoms with E-state index in [4.69, 9.17) is 0 Å². The highest BCUT2D eigenvalue weighted by molar-refractivity contribution is 5.87. The second-order valence-electron chi connectivity index (χ2n) is 9.09. The van der Waals surface area contributed by atoms with Gasteiger partial charge >= 0.3 is 0 Å². The highest BCUT2D eigenvalue weighted by atomic mass is 16.1. The summed E-state index contributed by atoms with van der Waals surface area (Å²) in [5.74, 6) is 1.61. The average molecular weight is 433 g/mol. The minimum Gasteiger partial charge on any atom is -0.378 e. The molecule has 168 valence electrons. The fourth-order valence-corrected chi connectivity index (χ4v) is 5.09. The standard InChI is InChI=1S/C25H32N6O/c32-22(16-27-20-7-4-8-21(15-20)30-11-2-1-3-12-30)14-19-6-5-13-31(17-19)25-23-9-10-26-24(23)28-18-29-25/h4,7-10,15,18-19,27H,1-3,5-6,11-14,16-17H2,(H,26,28,29)/t19-/m0/s1. The lowest BCUT2D eigenvalue weighted by molar-refractivity contribution is -0.118. The molecular weight excluding hydrogens is 400 g/mol. The number of carbonyl (C=O) groups excluding carboxylic acids is 1. The monoisotopic (exact) mass is 432 g/mol. The van der Waals surface area contributed by atoms with Gasteiger partial charge in [-0.15, -0.1) is 0 Å². The Morgan fingerprint density at radius 2 is 1.94 bits per heavy atom. The van der Waals surface area contributed by atoms with Crippen molar-refractivity contribution in [1.29, 1.82) is 0 Å². The highest BCUT2D eigenvalue weighted by Crippen LogP contribution is 2.28. The van der Waals surface area contributed by atoms with E-state index in [0.717, 1.165) is 61.6 Å². The maximum absolute atomic E-state index is 12.8. The zero-order chi connectivity index (χ0) is 21.8. The quantitative estimate of drug-likeness (QED) is 0.582. The molecule has 7 heteroatoms. The summed E-state index contributed by atoms with van der Waals surface area (Å²) in [6.45, 7) is 4.48. The van der Waals surface area contributed by atoms with Gasteiger partial charge in [-0.1, -0.05) is 6.07 Å². The second-order valence-corrected chi connectivity index (χ2v) is 9.09. The summed E-state index contributed by atoms with van der Waals surface area (Å²) in [6, 6.07) is 10.5. The summed E-state index contributed by atoms with van der Waals surface area (Å²) in [7, 11) is 0. The molecule has 3 aromatic rings. The van der Waals surface area contributed by atoms with E-state index in [1.54, 1.807) is 6.33 Å². The molecule has 2 N–H and O–H groups in total. The summed E-state index contributed by atoms with van der Waals surface area (Å²) < 4.78 is 0. The van der Waals surface area contributed by atoms with Gasteiger partial charge < -0.3 is 20.1 Å². The fourth-order valence-electron chi connectivity index (χ4n) is 5.09. The van der Waals surface area contributed by atoms with Crippen LogP contribution in [0.3, 0.4) is 0 Å². The van der Waals surface area contributed by atoms with Gasteiger partial charge in [0, 0.05) is 50.2 Å². The first-order chi connectivity index (χ1) is 15.8. The molecule has 2 fully saturated rings. The van der Waals surface area contributed by atoms with Gasteiger partial charge in [-0.25, -0.2) is 9.97 Å². The van der Waals surface area contributed by atoms with E-state index in [2.05, 4.69) is 54.3 Å². The van der Waals surface area contributed by atoms with Crippen molar-refractivity contribution >= 4 is 34.0 Å². The number of piperidine rings is 2. The van der Waals surface area contributed by atoms with Crippen molar-refractivity contribution in [1.82, 2.24) is 15.0 Å². The number of rotatable bonds is 7. The van der Waals surface area contributed by atoms with Crippen molar-refractivity contribution in [2.45, 2.75) is 38.5 Å². The Bertz CT molecular complexity index is 1060. The Balaban J connectivity index is 1.15. The average Bonchev–Trinajstić information content (AvgIpc) is 3.33. The van der Waals surface area contributed by atoms with Gasteiger partial charge in [0.1, 0.15) is 17.8 Å². The van der Waals surface area contributed by atoms with Crippen molar-refractivity contribution in [2.24, 2.45) is 5.92 Å². The third kappa shape index (κ3) is 4.71. The van der Waals surface area contributed by atoms with E-state index in [1.807, 2.05) is 12.3 Å². The van der Waals surface area contributed by atoms with Crippen LogP contribution in [0.1, 0.15) is 38.5 Å². The summed E-state index contributed by atoms with van der Waals surface area (Å²) >= 11 is 0. The molecule has 32 heavy (non-hydrogen) atoms. The Morgan fingerprint density at radius 1 is 1.06 bits per heavy atom. The number of ketones is 1. The maximum Gasteiger partial charge on any atom is 0.152 e. The molecule has 7 nitrogen and oxygen atoms in total. The second kappa shape index (κ2) is 9.59. The predicted molar refractivity (Wildman–Crippen MR) is 129 cm³/mol. The number of aromatic nitrogens is 3. The Hall–Kier alpha value is -3.09. The van der Waals surface area contributed by atoms with Crippen LogP contribution < -0.4 is 15.1 Å². The zero-order valence-electron chi connectivity index (χ0n) is 18.6. The minimum absolute atomic E-state index is 0.273. The van der Waals surface area contributed by atoms with Gasteiger partial charge in [-0.05, 0) is 62.3 Å². The lowest BCUT2D eigenvalue weighted by Crippen LogP contribution is -2.37. The normalized spacial score (nSPS) is 19.3. The van der Waals surface area contributed by atoms with Gasteiger partial charge in [0.15, 0.2) is 5.78 Å². The van der Waals surface area contributed by atoms with Gasteiger partial charge in [0.05, 0.1) is 11.9 Å². The van der Waals surface area contributed by atoms with Crippen LogP contribution in [0.15, 0.2) is 42.9 Å². The van der Waals surface area contributed by atoms with Crippen LogP contribution in [0, 0.1) is 5.92 Å². The molecular formula is C25H32N6O. The smallest absolute Gasteiger partial charge is 0.152 e. The number of hydrogen-bond donors (Lipinski definition) is 2. The van der Waals surface area contributed by atoms with Crippen molar-refractivity contribution in [2.75, 3.05) is 47.8 Å². The lowest BCUT2D eigenvalue weighted by Gasteiger charge is -2.33. The fraction of sp³-hybridized carbons (Fsp3) is 0.480. The Morgan fingerprint density at radius 3 is 2.84 bits per heavy atom. The van der Waals surface area contributed by atoms with Crippen LogP contribution in [0.25, 0.3) is 11.0 Å². The van der Waals surface area contributed by atoms with Gasteiger partial charge in [-0.3, -0.25) is 4.79 Å². The van der Waals surface area contributed by atoms with Crippen LogP contribution in [-0.2, 0) is 4.79 Å². The van der Waals surface area contributed by atoms with E-state index in [-0.39, 0.29) is 5.78 Å². The third-order valence-electron chi connectivity index (χ3n) is 6.72. The minimum atomic E-state index is 0.273. The van der Waals surface area contributed by atoms with Crippen LogP contribution in [0.5, 0.6) is 0 Å². The lowest BCUT2D eigenvalue weighted by atomic mass is 9.92. The van der Waals surface area contributed by atoms with Crippen molar-refractivity contribution in [3.63, 3.8) is 0 Å². The summed E-state index contributed by atoms with van der Waals surface area (Å²) in [5.41, 5.74) is 3.15. The molecule has 1 aromatic carbocycles. The summed E-state index contributed by atoms with van der Waals surface area (Å²) in [6.07, 6.45) is 10.2. The van der Waals surface area contributed by atoms with Crippen LogP contribution in [0.4, 0.5) is 17.2 Å². The van der Waals surface area contributed by atoms with E-state index in [9.17, 15) is 4.79 Å². The number of carbonyl (C=O) groups is 1. The third-order valence-corrected chi connectivity index (χ3v) is 6.72. The van der Waals surface area contributed by atoms with Crippen LogP contribution in [-0.4, -0.2) is 53.5 Å². The van der Waals surface area contributed by atoms with E-state index >= 15 is 0 Å². The molecule has 0 radical (unpaired) electrons. The van der Waals surface area contributed by atoms with E-state index < -0.39 is 0 Å². The number of nitrogens with zero attached hydrogens (tertiary/aromatic N) is 4. The zero-order valence-corrected chi connectivity index (χ0v) is 18.6. The molecule has 2 aliphatic heterocycles. The van der Waals surface area contributed by atoms with Gasteiger partial charge in [0.25, 0.3) is 0 Å². The predicted octanol–water partition coefficient (Wildman–Crippen LogP) is 4.24. The van der Waals surface area contributed by atoms with Crippen LogP contribution >= 0.6 is 0 Å². The number of H-pyrrole nitrogens is 1. The molecule has 5 rings (SSSR count). The molecule has 2 aromatic heterocycles. The first kappa shape index (κ1) is 20.8. The molecule has 2 saturated heterocycles. The number of nitrogens with one attached hydrogen (secondary N) is 2. The van der Waals surface area contributed by atoms with Gasteiger partial charge in [0.2, 0.25) is 0 Å². The van der Waals surface area contributed by atoms with Gasteiger partial charge in [-0.2, -0.15) is 0 Å². The first-order valence-electron chi connectivity index (χ1n) is 11.9. The number of aromatic amines is 1. The van der Waals surface area contributed by atoms with Crippen molar-refractivity contribution < 1.29 is 4.79 Å². The number of anilines is 3. The Labute approximate surface area is 189 Å². The van der Waals surface area contributed by atoms with E-state index in [0.29, 0.717) is 18.9 Å². The highest BCUT2D eigenvalue weighted by Gasteiger charge is 2.24. The first-order valence-corrected chi connectivity index (χ1v) is 11.9. The maximum atomic E-state index is 12.8.